The van der Waals surface area contributed by atoms with E-state index in [1.54, 1.807) is 0 Å². The van der Waals surface area contributed by atoms with Crippen LogP contribution < -0.4 is 10.2 Å². The Hall–Kier alpha value is -2.36. The summed E-state index contributed by atoms with van der Waals surface area (Å²) in [6.45, 7) is 4.18. The van der Waals surface area contributed by atoms with E-state index in [1.165, 1.54) is 31.2 Å². The maximum atomic E-state index is 12.3. The molecule has 1 aliphatic heterocycles. The van der Waals surface area contributed by atoms with Gasteiger partial charge in [0.1, 0.15) is 5.69 Å². The average molecular weight is 309 g/mol. The van der Waals surface area contributed by atoms with E-state index in [9.17, 15) is 4.79 Å². The monoisotopic (exact) mass is 309 g/mol. The van der Waals surface area contributed by atoms with Crippen molar-refractivity contribution in [2.75, 3.05) is 23.3 Å². The third-order valence-corrected chi connectivity index (χ3v) is 4.26. The second-order valence-corrected chi connectivity index (χ2v) is 6.12. The highest BCUT2D eigenvalue weighted by atomic mass is 16.1. The molecule has 1 aromatic carbocycles. The van der Waals surface area contributed by atoms with E-state index in [2.05, 4.69) is 15.2 Å². The molecule has 0 spiro atoms. The van der Waals surface area contributed by atoms with Crippen molar-refractivity contribution in [2.24, 2.45) is 0 Å². The normalized spacial score (nSPS) is 15.1. The number of hydrogen-bond acceptors (Lipinski definition) is 3. The van der Waals surface area contributed by atoms with Gasteiger partial charge in [-0.2, -0.15) is 0 Å². The van der Waals surface area contributed by atoms with Crippen LogP contribution in [0.3, 0.4) is 0 Å². The molecule has 120 valence electrons. The summed E-state index contributed by atoms with van der Waals surface area (Å²) in [5, 5.41) is 2.88. The van der Waals surface area contributed by atoms with Crippen molar-refractivity contribution in [3.63, 3.8) is 0 Å². The van der Waals surface area contributed by atoms with Crippen LogP contribution in [0.2, 0.25) is 0 Å². The van der Waals surface area contributed by atoms with Gasteiger partial charge >= 0.3 is 0 Å². The van der Waals surface area contributed by atoms with Gasteiger partial charge in [-0.1, -0.05) is 30.5 Å². The van der Waals surface area contributed by atoms with Crippen molar-refractivity contribution in [1.82, 2.24) is 4.98 Å². The molecule has 1 fully saturated rings. The van der Waals surface area contributed by atoms with Crippen LogP contribution in [0.5, 0.6) is 0 Å². The molecule has 1 saturated heterocycles. The van der Waals surface area contributed by atoms with Crippen LogP contribution in [0.1, 0.15) is 41.7 Å². The number of pyridine rings is 1. The van der Waals surface area contributed by atoms with E-state index in [4.69, 9.17) is 0 Å². The second-order valence-electron chi connectivity index (χ2n) is 6.12. The molecule has 2 aromatic rings. The lowest BCUT2D eigenvalue weighted by atomic mass is 10.2. The average Bonchev–Trinajstić information content (AvgIpc) is 2.86. The molecular weight excluding hydrogens is 286 g/mol. The summed E-state index contributed by atoms with van der Waals surface area (Å²) in [7, 11) is 0. The Bertz CT molecular complexity index is 641. The number of rotatable bonds is 3. The Kier molecular flexibility index (Phi) is 4.91. The Morgan fingerprint density at radius 2 is 1.70 bits per heavy atom. The molecule has 4 nitrogen and oxygen atoms in total. The summed E-state index contributed by atoms with van der Waals surface area (Å²) in [4.78, 5) is 19.0. The van der Waals surface area contributed by atoms with Crippen molar-refractivity contribution in [1.29, 1.82) is 0 Å². The van der Waals surface area contributed by atoms with Crippen molar-refractivity contribution in [2.45, 2.75) is 32.6 Å². The van der Waals surface area contributed by atoms with E-state index >= 15 is 0 Å². The number of aryl methyl sites for hydroxylation is 1. The van der Waals surface area contributed by atoms with Gasteiger partial charge in [-0.15, -0.1) is 0 Å². The van der Waals surface area contributed by atoms with Crippen LogP contribution in [-0.2, 0) is 0 Å². The molecule has 0 saturated carbocycles. The first-order valence-electron chi connectivity index (χ1n) is 8.31. The largest absolute Gasteiger partial charge is 0.370 e. The van der Waals surface area contributed by atoms with Gasteiger partial charge in [0, 0.05) is 18.8 Å². The van der Waals surface area contributed by atoms with E-state index < -0.39 is 0 Å². The molecule has 0 atom stereocenters. The fraction of sp³-hybridized carbons (Fsp3) is 0.368. The number of amides is 1. The predicted octanol–water partition coefficient (Wildman–Crippen LogP) is 4.02. The smallest absolute Gasteiger partial charge is 0.274 e. The number of nitrogens with zero attached hydrogens (tertiary/aromatic N) is 2. The minimum absolute atomic E-state index is 0.170. The number of aromatic nitrogens is 1. The van der Waals surface area contributed by atoms with E-state index in [-0.39, 0.29) is 5.91 Å². The molecule has 0 aliphatic carbocycles. The first-order chi connectivity index (χ1) is 11.2. The lowest BCUT2D eigenvalue weighted by molar-refractivity contribution is 0.102. The highest BCUT2D eigenvalue weighted by molar-refractivity contribution is 6.02. The van der Waals surface area contributed by atoms with Gasteiger partial charge in [0.25, 0.3) is 5.91 Å². The molecule has 23 heavy (non-hydrogen) atoms. The van der Waals surface area contributed by atoms with Gasteiger partial charge in [0.15, 0.2) is 0 Å². The van der Waals surface area contributed by atoms with Crippen LogP contribution in [-0.4, -0.2) is 24.0 Å². The van der Waals surface area contributed by atoms with Gasteiger partial charge in [-0.3, -0.25) is 4.79 Å². The highest BCUT2D eigenvalue weighted by Gasteiger charge is 2.12. The summed E-state index contributed by atoms with van der Waals surface area (Å²) < 4.78 is 0. The van der Waals surface area contributed by atoms with Gasteiger partial charge < -0.3 is 10.2 Å². The molecule has 2 heterocycles. The van der Waals surface area contributed by atoms with Crippen LogP contribution in [0.25, 0.3) is 0 Å². The van der Waals surface area contributed by atoms with E-state index in [1.807, 2.05) is 49.5 Å². The zero-order valence-electron chi connectivity index (χ0n) is 13.6. The molecule has 3 rings (SSSR count). The molecular formula is C19H23N3O. The highest BCUT2D eigenvalue weighted by Crippen LogP contribution is 2.19. The summed E-state index contributed by atoms with van der Waals surface area (Å²) in [6, 6.07) is 11.6. The quantitative estimate of drug-likeness (QED) is 0.931. The minimum atomic E-state index is -0.170. The predicted molar refractivity (Wildman–Crippen MR) is 94.1 cm³/mol. The first-order valence-corrected chi connectivity index (χ1v) is 8.31. The Labute approximate surface area is 137 Å². The Balaban J connectivity index is 1.66. The molecule has 1 aromatic heterocycles. The van der Waals surface area contributed by atoms with Crippen molar-refractivity contribution >= 4 is 17.3 Å². The molecule has 0 radical (unpaired) electrons. The van der Waals surface area contributed by atoms with E-state index in [0.717, 1.165) is 24.5 Å². The maximum Gasteiger partial charge on any atom is 0.274 e. The summed E-state index contributed by atoms with van der Waals surface area (Å²) in [5.41, 5.74) is 3.52. The van der Waals surface area contributed by atoms with Gasteiger partial charge in [-0.25, -0.2) is 4.98 Å². The van der Waals surface area contributed by atoms with Crippen molar-refractivity contribution in [3.05, 3.63) is 53.9 Å². The summed E-state index contributed by atoms with van der Waals surface area (Å²) in [5.74, 6) is -0.170. The zero-order valence-corrected chi connectivity index (χ0v) is 13.6. The summed E-state index contributed by atoms with van der Waals surface area (Å²) >= 11 is 0. The molecule has 4 heteroatoms. The lowest BCUT2D eigenvalue weighted by Gasteiger charge is -2.22. The first kappa shape index (κ1) is 15.5. The fourth-order valence-electron chi connectivity index (χ4n) is 2.87. The number of nitrogens with one attached hydrogen (secondary N) is 1. The molecule has 1 aliphatic rings. The number of carbonyl (C=O) groups excluding carboxylic acids is 1. The SMILES string of the molecule is Cc1ccc(NC(=O)c2ccc(N3CCCCCC3)cn2)cc1. The van der Waals surface area contributed by atoms with Crippen molar-refractivity contribution < 1.29 is 4.79 Å². The number of benzene rings is 1. The zero-order chi connectivity index (χ0) is 16.1. The Morgan fingerprint density at radius 3 is 2.30 bits per heavy atom. The second kappa shape index (κ2) is 7.27. The van der Waals surface area contributed by atoms with Gasteiger partial charge in [0.2, 0.25) is 0 Å². The van der Waals surface area contributed by atoms with Crippen LogP contribution in [0, 0.1) is 6.92 Å². The van der Waals surface area contributed by atoms with Crippen LogP contribution in [0.15, 0.2) is 42.6 Å². The number of hydrogen-bond donors (Lipinski definition) is 1. The molecule has 0 bridgehead atoms. The number of carbonyl (C=O) groups is 1. The fourth-order valence-corrected chi connectivity index (χ4v) is 2.87. The van der Waals surface area contributed by atoms with Gasteiger partial charge in [-0.05, 0) is 44.0 Å². The minimum Gasteiger partial charge on any atom is -0.370 e. The van der Waals surface area contributed by atoms with Crippen LogP contribution >= 0.6 is 0 Å². The molecule has 1 amide bonds. The molecule has 0 unspecified atom stereocenters. The topological polar surface area (TPSA) is 45.2 Å². The lowest BCUT2D eigenvalue weighted by Crippen LogP contribution is -2.24. The van der Waals surface area contributed by atoms with Crippen LogP contribution in [0.4, 0.5) is 11.4 Å². The third-order valence-electron chi connectivity index (χ3n) is 4.26. The molecule has 1 N–H and O–H groups in total. The van der Waals surface area contributed by atoms with Crippen molar-refractivity contribution in [3.8, 4) is 0 Å². The Morgan fingerprint density at radius 1 is 1.00 bits per heavy atom. The van der Waals surface area contributed by atoms with Gasteiger partial charge in [0.05, 0.1) is 11.9 Å². The summed E-state index contributed by atoms with van der Waals surface area (Å²) in [6.07, 6.45) is 6.89. The third kappa shape index (κ3) is 4.09. The maximum absolute atomic E-state index is 12.3. The number of anilines is 2. The van der Waals surface area contributed by atoms with E-state index in [0.29, 0.717) is 5.69 Å². The standard InChI is InChI=1S/C19H23N3O/c1-15-6-8-16(9-7-15)21-19(23)18-11-10-17(14-20-18)22-12-4-2-3-5-13-22/h6-11,14H,2-5,12-13H2,1H3,(H,21,23).